The van der Waals surface area contributed by atoms with E-state index in [-0.39, 0.29) is 24.9 Å². The maximum atomic E-state index is 13.4. The van der Waals surface area contributed by atoms with Gasteiger partial charge in [-0.15, -0.1) is 0 Å². The zero-order valence-corrected chi connectivity index (χ0v) is 14.9. The number of aromatic nitrogens is 1. The Kier molecular flexibility index (Phi) is 5.11. The highest BCUT2D eigenvalue weighted by atomic mass is 32.2. The second kappa shape index (κ2) is 6.98. The minimum absolute atomic E-state index is 0.0826. The van der Waals surface area contributed by atoms with Crippen molar-refractivity contribution in [2.45, 2.75) is 37.0 Å². The average Bonchev–Trinajstić information content (AvgIpc) is 2.59. The molecule has 0 saturated carbocycles. The molecule has 154 valence electrons. The molecule has 0 aliphatic carbocycles. The summed E-state index contributed by atoms with van der Waals surface area (Å²) in [5.41, 5.74) is -6.11. The van der Waals surface area contributed by atoms with Crippen molar-refractivity contribution in [3.63, 3.8) is 0 Å². The van der Waals surface area contributed by atoms with Gasteiger partial charge in [-0.1, -0.05) is 18.2 Å². The first-order valence-corrected chi connectivity index (χ1v) is 9.55. The van der Waals surface area contributed by atoms with Crippen molar-refractivity contribution in [1.82, 2.24) is 4.98 Å². The zero-order chi connectivity index (χ0) is 20.7. The SMILES string of the molecule is O=S(=O)(Oc1nc2ccccc2cc1N1CCCC[C@@H]1C(F)(F)F)C(F)(F)F. The Morgan fingerprint density at radius 2 is 1.75 bits per heavy atom. The molecule has 1 aliphatic heterocycles. The molecule has 1 fully saturated rings. The third-order valence-electron chi connectivity index (χ3n) is 4.33. The van der Waals surface area contributed by atoms with Crippen LogP contribution < -0.4 is 9.08 Å². The number of benzene rings is 1. The second-order valence-corrected chi connectivity index (χ2v) is 7.77. The third kappa shape index (κ3) is 3.96. The van der Waals surface area contributed by atoms with Gasteiger partial charge in [-0.25, -0.2) is 4.98 Å². The Labute approximate surface area is 156 Å². The van der Waals surface area contributed by atoms with E-state index in [2.05, 4.69) is 9.17 Å². The molecule has 1 atom stereocenters. The Hall–Kier alpha value is -2.24. The van der Waals surface area contributed by atoms with Gasteiger partial charge in [0, 0.05) is 11.9 Å². The smallest absolute Gasteiger partial charge is 0.355 e. The maximum absolute atomic E-state index is 13.4. The lowest BCUT2D eigenvalue weighted by atomic mass is 10.0. The molecule has 0 unspecified atom stereocenters. The largest absolute Gasteiger partial charge is 0.534 e. The summed E-state index contributed by atoms with van der Waals surface area (Å²) in [6.07, 6.45) is -4.31. The van der Waals surface area contributed by atoms with Gasteiger partial charge in [-0.3, -0.25) is 0 Å². The van der Waals surface area contributed by atoms with Crippen molar-refractivity contribution in [3.05, 3.63) is 30.3 Å². The van der Waals surface area contributed by atoms with Gasteiger partial charge in [-0.2, -0.15) is 34.8 Å². The molecule has 2 aromatic rings. The van der Waals surface area contributed by atoms with Crippen LogP contribution in [0.25, 0.3) is 10.9 Å². The van der Waals surface area contributed by atoms with Crippen LogP contribution in [0.4, 0.5) is 32.0 Å². The summed E-state index contributed by atoms with van der Waals surface area (Å²) in [6.45, 7) is -0.132. The number of pyridine rings is 1. The summed E-state index contributed by atoms with van der Waals surface area (Å²) in [5.74, 6) is -1.04. The van der Waals surface area contributed by atoms with Gasteiger partial charge >= 0.3 is 21.8 Å². The Morgan fingerprint density at radius 3 is 2.39 bits per heavy atom. The fraction of sp³-hybridized carbons (Fsp3) is 0.438. The molecule has 28 heavy (non-hydrogen) atoms. The molecule has 0 N–H and O–H groups in total. The maximum Gasteiger partial charge on any atom is 0.534 e. The van der Waals surface area contributed by atoms with Crippen molar-refractivity contribution >= 4 is 26.7 Å². The number of rotatable bonds is 3. The third-order valence-corrected chi connectivity index (χ3v) is 5.28. The average molecular weight is 428 g/mol. The number of fused-ring (bicyclic) bond motifs is 1. The topological polar surface area (TPSA) is 59.5 Å². The molecular weight excluding hydrogens is 414 g/mol. The fourth-order valence-electron chi connectivity index (χ4n) is 3.07. The van der Waals surface area contributed by atoms with Gasteiger partial charge in [0.2, 0.25) is 0 Å². The van der Waals surface area contributed by atoms with Gasteiger partial charge in [0.05, 0.1) is 5.52 Å². The Balaban J connectivity index is 2.17. The number of halogens is 6. The van der Waals surface area contributed by atoms with Gasteiger partial charge in [-0.05, 0) is 31.4 Å². The standard InChI is InChI=1S/C16H14F6N2O3S/c17-15(18,19)13-7-3-4-8-24(13)12-9-10-5-1-2-6-11(10)23-14(12)27-28(25,26)16(20,21)22/h1-2,5-6,9,13H,3-4,7-8H2/t13-/m1/s1. The van der Waals surface area contributed by atoms with E-state index < -0.39 is 39.4 Å². The minimum atomic E-state index is -6.10. The normalized spacial score (nSPS) is 19.1. The molecule has 0 spiro atoms. The van der Waals surface area contributed by atoms with Crippen molar-refractivity contribution in [2.75, 3.05) is 11.4 Å². The van der Waals surface area contributed by atoms with E-state index in [1.807, 2.05) is 0 Å². The Bertz CT molecular complexity index is 974. The molecule has 12 heteroatoms. The first-order valence-electron chi connectivity index (χ1n) is 8.14. The summed E-state index contributed by atoms with van der Waals surface area (Å²) in [4.78, 5) is 4.56. The summed E-state index contributed by atoms with van der Waals surface area (Å²) in [5, 5.41) is 0.334. The molecule has 1 aliphatic rings. The van der Waals surface area contributed by atoms with Crippen molar-refractivity contribution in [2.24, 2.45) is 0 Å². The fourth-order valence-corrected chi connectivity index (χ4v) is 3.49. The lowest BCUT2D eigenvalue weighted by Gasteiger charge is -2.38. The van der Waals surface area contributed by atoms with E-state index in [0.29, 0.717) is 11.8 Å². The lowest BCUT2D eigenvalue weighted by Crippen LogP contribution is -2.49. The molecule has 1 saturated heterocycles. The molecule has 2 heterocycles. The van der Waals surface area contributed by atoms with Crippen LogP contribution >= 0.6 is 0 Å². The Morgan fingerprint density at radius 1 is 1.07 bits per heavy atom. The number of hydrogen-bond acceptors (Lipinski definition) is 5. The van der Waals surface area contributed by atoms with E-state index in [0.717, 1.165) is 11.0 Å². The molecule has 0 radical (unpaired) electrons. The van der Waals surface area contributed by atoms with E-state index in [9.17, 15) is 34.8 Å². The number of hydrogen-bond donors (Lipinski definition) is 0. The quantitative estimate of drug-likeness (QED) is 0.413. The van der Waals surface area contributed by atoms with Gasteiger partial charge in [0.25, 0.3) is 5.88 Å². The molecule has 0 bridgehead atoms. The zero-order valence-electron chi connectivity index (χ0n) is 14.1. The van der Waals surface area contributed by atoms with E-state index in [4.69, 9.17) is 0 Å². The number of para-hydroxylation sites is 1. The minimum Gasteiger partial charge on any atom is -0.355 e. The number of alkyl halides is 6. The molecule has 3 rings (SSSR count). The van der Waals surface area contributed by atoms with Gasteiger partial charge < -0.3 is 9.08 Å². The van der Waals surface area contributed by atoms with Crippen LogP contribution in [-0.2, 0) is 10.1 Å². The summed E-state index contributed by atoms with van der Waals surface area (Å²) in [6, 6.07) is 5.12. The summed E-state index contributed by atoms with van der Waals surface area (Å²) < 4.78 is 106. The van der Waals surface area contributed by atoms with Crippen LogP contribution in [0.2, 0.25) is 0 Å². The lowest BCUT2D eigenvalue weighted by molar-refractivity contribution is -0.152. The van der Waals surface area contributed by atoms with Crippen LogP contribution in [0.15, 0.2) is 30.3 Å². The van der Waals surface area contributed by atoms with E-state index in [1.165, 1.54) is 18.2 Å². The van der Waals surface area contributed by atoms with Crippen LogP contribution in [0.3, 0.4) is 0 Å². The van der Waals surface area contributed by atoms with Crippen LogP contribution in [0.5, 0.6) is 5.88 Å². The highest BCUT2D eigenvalue weighted by molar-refractivity contribution is 7.88. The summed E-state index contributed by atoms with van der Waals surface area (Å²) >= 11 is 0. The van der Waals surface area contributed by atoms with Crippen molar-refractivity contribution in [1.29, 1.82) is 0 Å². The number of piperidine rings is 1. The second-order valence-electron chi connectivity index (χ2n) is 6.24. The van der Waals surface area contributed by atoms with Crippen LogP contribution in [0.1, 0.15) is 19.3 Å². The van der Waals surface area contributed by atoms with Crippen molar-refractivity contribution < 1.29 is 38.9 Å². The highest BCUT2D eigenvalue weighted by Gasteiger charge is 2.50. The van der Waals surface area contributed by atoms with E-state index >= 15 is 0 Å². The summed E-state index contributed by atoms with van der Waals surface area (Å²) in [7, 11) is -6.10. The van der Waals surface area contributed by atoms with Crippen LogP contribution in [-0.4, -0.2) is 37.7 Å². The number of anilines is 1. The molecular formula is C16H14F6N2O3S. The van der Waals surface area contributed by atoms with Crippen molar-refractivity contribution in [3.8, 4) is 5.88 Å². The van der Waals surface area contributed by atoms with Gasteiger partial charge in [0.15, 0.2) is 0 Å². The van der Waals surface area contributed by atoms with E-state index in [1.54, 1.807) is 6.07 Å². The first-order chi connectivity index (χ1) is 12.9. The highest BCUT2D eigenvalue weighted by Crippen LogP contribution is 2.41. The molecule has 0 amide bonds. The monoisotopic (exact) mass is 428 g/mol. The predicted octanol–water partition coefficient (Wildman–Crippen LogP) is 4.38. The molecule has 5 nitrogen and oxygen atoms in total. The molecule has 1 aromatic carbocycles. The predicted molar refractivity (Wildman–Crippen MR) is 88.4 cm³/mol. The first kappa shape index (κ1) is 20.5. The number of nitrogens with zero attached hydrogens (tertiary/aromatic N) is 2. The van der Waals surface area contributed by atoms with Crippen LogP contribution in [0, 0.1) is 0 Å². The van der Waals surface area contributed by atoms with Gasteiger partial charge in [0.1, 0.15) is 11.7 Å². The molecule has 1 aromatic heterocycles.